The van der Waals surface area contributed by atoms with Gasteiger partial charge in [-0.3, -0.25) is 10.2 Å². The van der Waals surface area contributed by atoms with E-state index in [9.17, 15) is 4.79 Å². The van der Waals surface area contributed by atoms with Crippen molar-refractivity contribution in [1.82, 2.24) is 10.4 Å². The summed E-state index contributed by atoms with van der Waals surface area (Å²) < 4.78 is 5.71. The molecule has 0 saturated heterocycles. The number of aromatic nitrogens is 1. The molecule has 5 nitrogen and oxygen atoms in total. The fourth-order valence-electron chi connectivity index (χ4n) is 1.95. The van der Waals surface area contributed by atoms with Crippen molar-refractivity contribution in [3.05, 3.63) is 58.5 Å². The molecule has 0 fully saturated rings. The van der Waals surface area contributed by atoms with Gasteiger partial charge in [0.05, 0.1) is 5.69 Å². The predicted molar refractivity (Wildman–Crippen MR) is 82.0 cm³/mol. The second kappa shape index (κ2) is 5.90. The van der Waals surface area contributed by atoms with Gasteiger partial charge in [-0.05, 0) is 22.9 Å². The lowest BCUT2D eigenvalue weighted by molar-refractivity contribution is 0.0953. The van der Waals surface area contributed by atoms with Crippen molar-refractivity contribution in [2.24, 2.45) is 5.84 Å². The molecule has 0 spiro atoms. The second-order valence-electron chi connectivity index (χ2n) is 4.42. The maximum atomic E-state index is 11.3. The fraction of sp³-hybridized carbons (Fsp3) is 0.0667. The second-order valence-corrected chi connectivity index (χ2v) is 5.27. The topological polar surface area (TPSA) is 77.2 Å². The van der Waals surface area contributed by atoms with Crippen LogP contribution >= 0.6 is 11.3 Å². The minimum absolute atomic E-state index is 0.312. The summed E-state index contributed by atoms with van der Waals surface area (Å²) >= 11 is 1.24. The third-order valence-corrected chi connectivity index (χ3v) is 3.87. The first-order valence-electron chi connectivity index (χ1n) is 6.33. The number of ether oxygens (including phenoxy) is 1. The zero-order valence-corrected chi connectivity index (χ0v) is 11.9. The number of nitrogens with one attached hydrogen (secondary N) is 1. The van der Waals surface area contributed by atoms with E-state index in [4.69, 9.17) is 10.6 Å². The maximum Gasteiger partial charge on any atom is 0.294 e. The number of hydrazine groups is 1. The molecule has 21 heavy (non-hydrogen) atoms. The Morgan fingerprint density at radius 1 is 1.24 bits per heavy atom. The number of nitrogen functional groups attached to an aromatic ring is 1. The van der Waals surface area contributed by atoms with Crippen LogP contribution in [0.2, 0.25) is 0 Å². The number of nitrogens with zero attached hydrogens (tertiary/aromatic N) is 1. The smallest absolute Gasteiger partial charge is 0.294 e. The molecule has 1 aromatic heterocycles. The summed E-state index contributed by atoms with van der Waals surface area (Å²) in [6.45, 7) is 0.312. The van der Waals surface area contributed by atoms with Crippen molar-refractivity contribution in [3.63, 3.8) is 0 Å². The molecule has 0 saturated carbocycles. The SMILES string of the molecule is NNC(=O)c1nc(COc2ccc3ccccc3c2)cs1. The Bertz CT molecular complexity index is 785. The van der Waals surface area contributed by atoms with Crippen LogP contribution < -0.4 is 16.0 Å². The molecular weight excluding hydrogens is 286 g/mol. The average Bonchev–Trinajstić information content (AvgIpc) is 3.01. The standard InChI is InChI=1S/C15H13N3O2S/c16-18-14(19)15-17-12(9-21-15)8-20-13-6-5-10-3-1-2-4-11(10)7-13/h1-7,9H,8,16H2,(H,18,19). The Balaban J connectivity index is 1.71. The summed E-state index contributed by atoms with van der Waals surface area (Å²) in [6.07, 6.45) is 0. The molecule has 1 heterocycles. The van der Waals surface area contributed by atoms with E-state index in [-0.39, 0.29) is 0 Å². The normalized spacial score (nSPS) is 10.5. The van der Waals surface area contributed by atoms with Gasteiger partial charge >= 0.3 is 0 Å². The minimum Gasteiger partial charge on any atom is -0.487 e. The molecule has 0 aliphatic heterocycles. The lowest BCUT2D eigenvalue weighted by Gasteiger charge is -2.05. The quantitative estimate of drug-likeness (QED) is 0.441. The van der Waals surface area contributed by atoms with Gasteiger partial charge in [-0.2, -0.15) is 0 Å². The van der Waals surface area contributed by atoms with Crippen molar-refractivity contribution in [1.29, 1.82) is 0 Å². The average molecular weight is 299 g/mol. The van der Waals surface area contributed by atoms with E-state index in [1.54, 1.807) is 5.38 Å². The highest BCUT2D eigenvalue weighted by molar-refractivity contribution is 7.11. The zero-order valence-electron chi connectivity index (χ0n) is 11.1. The van der Waals surface area contributed by atoms with E-state index in [0.717, 1.165) is 11.1 Å². The molecule has 3 rings (SSSR count). The monoisotopic (exact) mass is 299 g/mol. The molecule has 2 aromatic carbocycles. The van der Waals surface area contributed by atoms with E-state index >= 15 is 0 Å². The number of hydrogen-bond donors (Lipinski definition) is 2. The van der Waals surface area contributed by atoms with Crippen molar-refractivity contribution in [2.45, 2.75) is 6.61 Å². The number of carbonyl (C=O) groups is 1. The molecule has 0 bridgehead atoms. The predicted octanol–water partition coefficient (Wildman–Crippen LogP) is 2.48. The summed E-state index contributed by atoms with van der Waals surface area (Å²) in [7, 11) is 0. The maximum absolute atomic E-state index is 11.3. The van der Waals surface area contributed by atoms with E-state index in [1.165, 1.54) is 16.7 Å². The summed E-state index contributed by atoms with van der Waals surface area (Å²) in [5, 5.41) is 4.40. The third-order valence-electron chi connectivity index (χ3n) is 2.98. The van der Waals surface area contributed by atoms with Gasteiger partial charge in [0, 0.05) is 5.38 Å². The molecule has 6 heteroatoms. The molecular formula is C15H13N3O2S. The van der Waals surface area contributed by atoms with Gasteiger partial charge in [-0.25, -0.2) is 10.8 Å². The highest BCUT2D eigenvalue weighted by Gasteiger charge is 2.09. The number of fused-ring (bicyclic) bond motifs is 1. The Morgan fingerprint density at radius 3 is 2.86 bits per heavy atom. The lowest BCUT2D eigenvalue weighted by Crippen LogP contribution is -2.29. The Morgan fingerprint density at radius 2 is 2.05 bits per heavy atom. The van der Waals surface area contributed by atoms with Gasteiger partial charge in [0.15, 0.2) is 5.01 Å². The molecule has 0 aliphatic carbocycles. The molecule has 0 radical (unpaired) electrons. The van der Waals surface area contributed by atoms with Gasteiger partial charge in [-0.15, -0.1) is 11.3 Å². The van der Waals surface area contributed by atoms with Crippen LogP contribution in [-0.4, -0.2) is 10.9 Å². The van der Waals surface area contributed by atoms with Crippen LogP contribution in [0.15, 0.2) is 47.8 Å². The molecule has 0 atom stereocenters. The fourth-order valence-corrected chi connectivity index (χ4v) is 2.66. The van der Waals surface area contributed by atoms with Crippen LogP contribution in [0.4, 0.5) is 0 Å². The number of rotatable bonds is 4. The van der Waals surface area contributed by atoms with Gasteiger partial charge in [0.1, 0.15) is 12.4 Å². The summed E-state index contributed by atoms with van der Waals surface area (Å²) in [5.74, 6) is 5.45. The number of nitrogens with two attached hydrogens (primary N) is 1. The van der Waals surface area contributed by atoms with Gasteiger partial charge in [0.25, 0.3) is 5.91 Å². The van der Waals surface area contributed by atoms with E-state index < -0.39 is 5.91 Å². The number of benzene rings is 2. The Hall–Kier alpha value is -2.44. The van der Waals surface area contributed by atoms with Gasteiger partial charge < -0.3 is 4.74 Å². The number of carbonyl (C=O) groups excluding carboxylic acids is 1. The first kappa shape index (κ1) is 13.5. The Labute approximate surface area is 125 Å². The van der Waals surface area contributed by atoms with Crippen LogP contribution in [0.3, 0.4) is 0 Å². The number of thiazole rings is 1. The van der Waals surface area contributed by atoms with Crippen LogP contribution in [-0.2, 0) is 6.61 Å². The van der Waals surface area contributed by atoms with Crippen LogP contribution in [0.25, 0.3) is 10.8 Å². The molecule has 0 aliphatic rings. The minimum atomic E-state index is -0.392. The molecule has 3 aromatic rings. The summed E-state index contributed by atoms with van der Waals surface area (Å²) in [4.78, 5) is 15.5. The van der Waals surface area contributed by atoms with Crippen molar-refractivity contribution in [3.8, 4) is 5.75 Å². The molecule has 0 unspecified atom stereocenters. The van der Waals surface area contributed by atoms with Crippen LogP contribution in [0, 0.1) is 0 Å². The van der Waals surface area contributed by atoms with Crippen LogP contribution in [0.1, 0.15) is 15.5 Å². The van der Waals surface area contributed by atoms with Crippen molar-refractivity contribution >= 4 is 28.0 Å². The number of hydrogen-bond acceptors (Lipinski definition) is 5. The molecule has 1 amide bonds. The van der Waals surface area contributed by atoms with E-state index in [2.05, 4.69) is 16.5 Å². The van der Waals surface area contributed by atoms with Crippen molar-refractivity contribution < 1.29 is 9.53 Å². The van der Waals surface area contributed by atoms with Gasteiger partial charge in [-0.1, -0.05) is 30.3 Å². The first-order valence-corrected chi connectivity index (χ1v) is 7.21. The summed E-state index contributed by atoms with van der Waals surface area (Å²) in [6, 6.07) is 14.0. The largest absolute Gasteiger partial charge is 0.487 e. The number of amides is 1. The first-order chi connectivity index (χ1) is 10.3. The third kappa shape index (κ3) is 3.01. The van der Waals surface area contributed by atoms with Crippen molar-refractivity contribution in [2.75, 3.05) is 0 Å². The van der Waals surface area contributed by atoms with Gasteiger partial charge in [0.2, 0.25) is 0 Å². The highest BCUT2D eigenvalue weighted by Crippen LogP contribution is 2.21. The Kier molecular flexibility index (Phi) is 3.81. The van der Waals surface area contributed by atoms with E-state index in [1.807, 2.05) is 36.4 Å². The molecule has 106 valence electrons. The lowest BCUT2D eigenvalue weighted by atomic mass is 10.1. The molecule has 3 N–H and O–H groups in total. The highest BCUT2D eigenvalue weighted by atomic mass is 32.1. The van der Waals surface area contributed by atoms with Crippen LogP contribution in [0.5, 0.6) is 5.75 Å². The zero-order chi connectivity index (χ0) is 14.7. The van der Waals surface area contributed by atoms with E-state index in [0.29, 0.717) is 17.3 Å². The summed E-state index contributed by atoms with van der Waals surface area (Å²) in [5.41, 5.74) is 2.76.